The molecule has 1 fully saturated rings. The van der Waals surface area contributed by atoms with Gasteiger partial charge in [-0.3, -0.25) is 4.79 Å². The van der Waals surface area contributed by atoms with Gasteiger partial charge in [0.05, 0.1) is 0 Å². The van der Waals surface area contributed by atoms with E-state index in [1.165, 1.54) is 0 Å². The van der Waals surface area contributed by atoms with E-state index < -0.39 is 0 Å². The Hall–Kier alpha value is -2.34. The lowest BCUT2D eigenvalue weighted by Gasteiger charge is -2.30. The molecule has 1 aromatic carbocycles. The normalized spacial score (nSPS) is 15.0. The second-order valence-electron chi connectivity index (χ2n) is 6.66. The minimum absolute atomic E-state index is 0.126. The minimum Gasteiger partial charge on any atom is -0.467 e. The number of piperidine rings is 1. The van der Waals surface area contributed by atoms with Gasteiger partial charge in [-0.1, -0.05) is 24.6 Å². The van der Waals surface area contributed by atoms with Gasteiger partial charge in [0, 0.05) is 35.6 Å². The number of aromatic nitrogens is 2. The number of aryl methyl sites for hydroxylation is 1. The van der Waals surface area contributed by atoms with Crippen LogP contribution >= 0.6 is 11.6 Å². The highest BCUT2D eigenvalue weighted by molar-refractivity contribution is 6.30. The van der Waals surface area contributed by atoms with Crippen LogP contribution in [0.15, 0.2) is 30.3 Å². The Balaban J connectivity index is 1.60. The van der Waals surface area contributed by atoms with Crippen molar-refractivity contribution in [3.63, 3.8) is 0 Å². The second kappa shape index (κ2) is 8.36. The standard InChI is InChI=1S/C19H23ClN4O2/c1-13-6-8-24(9-7-13)19-21-14(2)10-18(23-19)26-12-17(25)22-16-5-3-4-15(20)11-16/h3-5,10-11,13H,6-9,12H2,1-2H3,(H,22,25). The number of nitrogens with zero attached hydrogens (tertiary/aromatic N) is 3. The topological polar surface area (TPSA) is 67.3 Å². The first kappa shape index (κ1) is 18.5. The molecule has 0 saturated carbocycles. The zero-order valence-electron chi connectivity index (χ0n) is 15.0. The summed E-state index contributed by atoms with van der Waals surface area (Å²) in [5.74, 6) is 1.55. The lowest BCUT2D eigenvalue weighted by atomic mass is 10.00. The van der Waals surface area contributed by atoms with E-state index in [9.17, 15) is 4.79 Å². The number of halogens is 1. The van der Waals surface area contributed by atoms with E-state index in [-0.39, 0.29) is 12.5 Å². The quantitative estimate of drug-likeness (QED) is 0.864. The van der Waals surface area contributed by atoms with E-state index in [4.69, 9.17) is 16.3 Å². The summed E-state index contributed by atoms with van der Waals surface area (Å²) in [7, 11) is 0. The summed E-state index contributed by atoms with van der Waals surface area (Å²) >= 11 is 5.91. The molecule has 1 N–H and O–H groups in total. The molecule has 1 aliphatic rings. The molecule has 26 heavy (non-hydrogen) atoms. The number of rotatable bonds is 5. The smallest absolute Gasteiger partial charge is 0.262 e. The van der Waals surface area contributed by atoms with Gasteiger partial charge in [0.1, 0.15) is 0 Å². The molecular weight excluding hydrogens is 352 g/mol. The summed E-state index contributed by atoms with van der Waals surface area (Å²) in [6, 6.07) is 8.72. The maximum Gasteiger partial charge on any atom is 0.262 e. The molecule has 7 heteroatoms. The van der Waals surface area contributed by atoms with E-state index in [1.54, 1.807) is 30.3 Å². The van der Waals surface area contributed by atoms with Gasteiger partial charge in [-0.2, -0.15) is 4.98 Å². The molecule has 3 rings (SSSR count). The fourth-order valence-electron chi connectivity index (χ4n) is 2.85. The van der Waals surface area contributed by atoms with Crippen molar-refractivity contribution >= 4 is 29.1 Å². The number of benzene rings is 1. The summed E-state index contributed by atoms with van der Waals surface area (Å²) < 4.78 is 5.58. The molecule has 0 radical (unpaired) electrons. The van der Waals surface area contributed by atoms with Crippen molar-refractivity contribution < 1.29 is 9.53 Å². The van der Waals surface area contributed by atoms with Crippen molar-refractivity contribution in [2.45, 2.75) is 26.7 Å². The minimum atomic E-state index is -0.267. The molecule has 0 unspecified atom stereocenters. The molecule has 2 heterocycles. The average molecular weight is 375 g/mol. The third kappa shape index (κ3) is 5.08. The number of ether oxygens (including phenoxy) is 1. The molecule has 0 aliphatic carbocycles. The van der Waals surface area contributed by atoms with Crippen molar-refractivity contribution in [1.29, 1.82) is 0 Å². The first-order valence-corrected chi connectivity index (χ1v) is 9.16. The van der Waals surface area contributed by atoms with Gasteiger partial charge in [0.2, 0.25) is 11.8 Å². The Morgan fingerprint density at radius 3 is 2.81 bits per heavy atom. The number of hydrogen-bond donors (Lipinski definition) is 1. The van der Waals surface area contributed by atoms with Gasteiger partial charge in [0.15, 0.2) is 6.61 Å². The lowest BCUT2D eigenvalue weighted by Crippen LogP contribution is -2.34. The predicted molar refractivity (Wildman–Crippen MR) is 103 cm³/mol. The van der Waals surface area contributed by atoms with E-state index in [1.807, 2.05) is 6.92 Å². The van der Waals surface area contributed by atoms with Crippen molar-refractivity contribution in [2.75, 3.05) is 29.9 Å². The van der Waals surface area contributed by atoms with Crippen LogP contribution in [0.2, 0.25) is 5.02 Å². The number of carbonyl (C=O) groups excluding carboxylic acids is 1. The van der Waals surface area contributed by atoms with Crippen molar-refractivity contribution in [3.05, 3.63) is 41.0 Å². The van der Waals surface area contributed by atoms with Crippen LogP contribution in [0.4, 0.5) is 11.6 Å². The fraction of sp³-hybridized carbons (Fsp3) is 0.421. The van der Waals surface area contributed by atoms with Crippen LogP contribution in [0.25, 0.3) is 0 Å². The highest BCUT2D eigenvalue weighted by Crippen LogP contribution is 2.22. The van der Waals surface area contributed by atoms with Crippen molar-refractivity contribution in [1.82, 2.24) is 9.97 Å². The molecule has 6 nitrogen and oxygen atoms in total. The van der Waals surface area contributed by atoms with Crippen LogP contribution < -0.4 is 15.0 Å². The van der Waals surface area contributed by atoms with E-state index in [2.05, 4.69) is 27.1 Å². The molecule has 1 aromatic heterocycles. The maximum atomic E-state index is 12.1. The summed E-state index contributed by atoms with van der Waals surface area (Å²) in [5, 5.41) is 3.31. The Morgan fingerprint density at radius 1 is 1.31 bits per heavy atom. The Morgan fingerprint density at radius 2 is 2.08 bits per heavy atom. The third-order valence-electron chi connectivity index (χ3n) is 4.34. The van der Waals surface area contributed by atoms with Gasteiger partial charge < -0.3 is 15.0 Å². The van der Waals surface area contributed by atoms with Crippen LogP contribution in [0.5, 0.6) is 5.88 Å². The Kier molecular flexibility index (Phi) is 5.93. The van der Waals surface area contributed by atoms with Gasteiger partial charge in [0.25, 0.3) is 5.91 Å². The summed E-state index contributed by atoms with van der Waals surface area (Å²) in [6.45, 7) is 5.93. The van der Waals surface area contributed by atoms with Crippen LogP contribution in [0.1, 0.15) is 25.5 Å². The zero-order chi connectivity index (χ0) is 18.5. The van der Waals surface area contributed by atoms with Crippen LogP contribution in [0.3, 0.4) is 0 Å². The summed E-state index contributed by atoms with van der Waals surface area (Å²) in [6.07, 6.45) is 2.27. The Labute approximate surface area is 158 Å². The zero-order valence-corrected chi connectivity index (χ0v) is 15.8. The molecule has 1 amide bonds. The predicted octanol–water partition coefficient (Wildman–Crippen LogP) is 3.69. The van der Waals surface area contributed by atoms with Crippen molar-refractivity contribution in [2.24, 2.45) is 5.92 Å². The molecule has 0 spiro atoms. The number of anilines is 2. The highest BCUT2D eigenvalue weighted by Gasteiger charge is 2.19. The summed E-state index contributed by atoms with van der Waals surface area (Å²) in [4.78, 5) is 23.2. The van der Waals surface area contributed by atoms with Gasteiger partial charge in [-0.15, -0.1) is 0 Å². The first-order valence-electron chi connectivity index (χ1n) is 8.78. The Bertz CT molecular complexity index is 776. The molecule has 0 atom stereocenters. The van der Waals surface area contributed by atoms with Crippen LogP contribution in [-0.4, -0.2) is 35.6 Å². The molecular formula is C19H23ClN4O2. The first-order chi connectivity index (χ1) is 12.5. The van der Waals surface area contributed by atoms with E-state index >= 15 is 0 Å². The maximum absolute atomic E-state index is 12.1. The molecule has 1 aliphatic heterocycles. The average Bonchev–Trinajstić information content (AvgIpc) is 2.60. The SMILES string of the molecule is Cc1cc(OCC(=O)Nc2cccc(Cl)c2)nc(N2CCC(C)CC2)n1. The number of hydrogen-bond acceptors (Lipinski definition) is 5. The molecule has 1 saturated heterocycles. The molecule has 0 bridgehead atoms. The van der Waals surface area contributed by atoms with Gasteiger partial charge >= 0.3 is 0 Å². The highest BCUT2D eigenvalue weighted by atomic mass is 35.5. The number of nitrogens with one attached hydrogen (secondary N) is 1. The van der Waals surface area contributed by atoms with Crippen LogP contribution in [0, 0.1) is 12.8 Å². The number of carbonyl (C=O) groups is 1. The largest absolute Gasteiger partial charge is 0.467 e. The van der Waals surface area contributed by atoms with Crippen LogP contribution in [-0.2, 0) is 4.79 Å². The van der Waals surface area contributed by atoms with Gasteiger partial charge in [-0.05, 0) is 43.9 Å². The van der Waals surface area contributed by atoms with E-state index in [0.717, 1.165) is 37.5 Å². The third-order valence-corrected chi connectivity index (χ3v) is 4.58. The lowest BCUT2D eigenvalue weighted by molar-refractivity contribution is -0.118. The molecule has 2 aromatic rings. The number of amides is 1. The monoisotopic (exact) mass is 374 g/mol. The second-order valence-corrected chi connectivity index (χ2v) is 7.10. The van der Waals surface area contributed by atoms with E-state index in [0.29, 0.717) is 22.5 Å². The van der Waals surface area contributed by atoms with Crippen molar-refractivity contribution in [3.8, 4) is 5.88 Å². The summed E-state index contributed by atoms with van der Waals surface area (Å²) in [5.41, 5.74) is 1.45. The molecule has 138 valence electrons. The fourth-order valence-corrected chi connectivity index (χ4v) is 3.04. The van der Waals surface area contributed by atoms with Gasteiger partial charge in [-0.25, -0.2) is 4.98 Å².